The Kier molecular flexibility index (Phi) is 3.81. The van der Waals surface area contributed by atoms with Gasteiger partial charge in [0, 0.05) is 5.54 Å². The second-order valence-electron chi connectivity index (χ2n) is 5.25. The van der Waals surface area contributed by atoms with Crippen molar-refractivity contribution >= 4 is 0 Å². The molecule has 100 valence electrons. The molecule has 1 aliphatic carbocycles. The second-order valence-corrected chi connectivity index (χ2v) is 5.25. The topological polar surface area (TPSA) is 44.5 Å². The third-order valence-electron chi connectivity index (χ3n) is 3.99. The van der Waals surface area contributed by atoms with Crippen LogP contribution in [0.1, 0.15) is 43.2 Å². The van der Waals surface area contributed by atoms with Crippen LogP contribution < -0.4 is 15.2 Å². The lowest BCUT2D eigenvalue weighted by Crippen LogP contribution is -2.38. The first-order chi connectivity index (χ1) is 8.60. The van der Waals surface area contributed by atoms with Crippen molar-refractivity contribution in [3.05, 3.63) is 23.3 Å². The van der Waals surface area contributed by atoms with Crippen LogP contribution in [0.15, 0.2) is 12.1 Å². The maximum Gasteiger partial charge on any atom is 0.163 e. The third kappa shape index (κ3) is 2.32. The summed E-state index contributed by atoms with van der Waals surface area (Å²) in [6.45, 7) is 2.04. The SMILES string of the molecule is COc1cc(C2(N)CCCCC2)cc(C)c1OC. The van der Waals surface area contributed by atoms with Crippen LogP contribution >= 0.6 is 0 Å². The molecule has 0 spiro atoms. The fourth-order valence-electron chi connectivity index (χ4n) is 2.91. The van der Waals surface area contributed by atoms with Crippen LogP contribution in [-0.4, -0.2) is 14.2 Å². The van der Waals surface area contributed by atoms with Crippen molar-refractivity contribution in [1.29, 1.82) is 0 Å². The van der Waals surface area contributed by atoms with E-state index in [-0.39, 0.29) is 5.54 Å². The number of ether oxygens (including phenoxy) is 2. The molecule has 1 aromatic rings. The van der Waals surface area contributed by atoms with E-state index in [1.54, 1.807) is 14.2 Å². The van der Waals surface area contributed by atoms with Crippen molar-refractivity contribution < 1.29 is 9.47 Å². The summed E-state index contributed by atoms with van der Waals surface area (Å²) in [7, 11) is 3.34. The molecule has 3 nitrogen and oxygen atoms in total. The van der Waals surface area contributed by atoms with Gasteiger partial charge < -0.3 is 15.2 Å². The molecule has 1 fully saturated rings. The number of benzene rings is 1. The van der Waals surface area contributed by atoms with Crippen molar-refractivity contribution in [2.24, 2.45) is 5.73 Å². The minimum absolute atomic E-state index is 0.192. The largest absolute Gasteiger partial charge is 0.493 e. The van der Waals surface area contributed by atoms with E-state index in [1.165, 1.54) is 24.8 Å². The zero-order chi connectivity index (χ0) is 13.2. The van der Waals surface area contributed by atoms with E-state index in [1.807, 2.05) is 13.0 Å². The summed E-state index contributed by atoms with van der Waals surface area (Å²) in [5.74, 6) is 1.59. The molecule has 0 atom stereocenters. The van der Waals surface area contributed by atoms with E-state index in [0.717, 1.165) is 29.9 Å². The number of aryl methyl sites for hydroxylation is 1. The molecule has 2 N–H and O–H groups in total. The van der Waals surface area contributed by atoms with Gasteiger partial charge in [0.05, 0.1) is 14.2 Å². The highest BCUT2D eigenvalue weighted by Crippen LogP contribution is 2.40. The van der Waals surface area contributed by atoms with E-state index in [4.69, 9.17) is 15.2 Å². The van der Waals surface area contributed by atoms with E-state index in [0.29, 0.717) is 0 Å². The number of hydrogen-bond donors (Lipinski definition) is 1. The summed E-state index contributed by atoms with van der Waals surface area (Å²) in [5.41, 5.74) is 8.64. The standard InChI is InChI=1S/C15H23NO2/c1-11-9-12(10-13(17-2)14(11)18-3)15(16)7-5-4-6-8-15/h9-10H,4-8,16H2,1-3H3. The van der Waals surface area contributed by atoms with Gasteiger partial charge in [-0.3, -0.25) is 0 Å². The fourth-order valence-corrected chi connectivity index (χ4v) is 2.91. The average Bonchev–Trinajstić information content (AvgIpc) is 2.38. The minimum atomic E-state index is -0.192. The molecule has 0 unspecified atom stereocenters. The summed E-state index contributed by atoms with van der Waals surface area (Å²) < 4.78 is 10.8. The number of nitrogens with two attached hydrogens (primary N) is 1. The van der Waals surface area contributed by atoms with Crippen LogP contribution in [0, 0.1) is 6.92 Å². The summed E-state index contributed by atoms with van der Waals surface area (Å²) >= 11 is 0. The van der Waals surface area contributed by atoms with Gasteiger partial charge in [-0.2, -0.15) is 0 Å². The van der Waals surface area contributed by atoms with E-state index in [2.05, 4.69) is 6.07 Å². The molecular formula is C15H23NO2. The molecule has 0 aromatic heterocycles. The van der Waals surface area contributed by atoms with Crippen LogP contribution in [0.25, 0.3) is 0 Å². The highest BCUT2D eigenvalue weighted by atomic mass is 16.5. The van der Waals surface area contributed by atoms with Crippen LogP contribution in [0.3, 0.4) is 0 Å². The van der Waals surface area contributed by atoms with Gasteiger partial charge >= 0.3 is 0 Å². The summed E-state index contributed by atoms with van der Waals surface area (Å²) in [6, 6.07) is 4.18. The van der Waals surface area contributed by atoms with Gasteiger partial charge in [0.15, 0.2) is 11.5 Å². The smallest absolute Gasteiger partial charge is 0.163 e. The Balaban J connectivity index is 2.42. The van der Waals surface area contributed by atoms with Gasteiger partial charge in [-0.25, -0.2) is 0 Å². The van der Waals surface area contributed by atoms with Crippen LogP contribution in [0.4, 0.5) is 0 Å². The van der Waals surface area contributed by atoms with Gasteiger partial charge in [-0.15, -0.1) is 0 Å². The lowest BCUT2D eigenvalue weighted by molar-refractivity contribution is 0.298. The number of rotatable bonds is 3. The van der Waals surface area contributed by atoms with Gasteiger partial charge in [0.1, 0.15) is 0 Å². The van der Waals surface area contributed by atoms with Crippen molar-refractivity contribution in [1.82, 2.24) is 0 Å². The summed E-state index contributed by atoms with van der Waals surface area (Å²) in [5, 5.41) is 0. The summed E-state index contributed by atoms with van der Waals surface area (Å²) in [6.07, 6.45) is 5.84. The van der Waals surface area contributed by atoms with E-state index >= 15 is 0 Å². The maximum atomic E-state index is 6.57. The molecule has 1 aliphatic rings. The maximum absolute atomic E-state index is 6.57. The third-order valence-corrected chi connectivity index (χ3v) is 3.99. The lowest BCUT2D eigenvalue weighted by Gasteiger charge is -2.34. The molecule has 2 rings (SSSR count). The molecule has 0 radical (unpaired) electrons. The van der Waals surface area contributed by atoms with Crippen molar-refractivity contribution in [2.45, 2.75) is 44.6 Å². The number of methoxy groups -OCH3 is 2. The number of hydrogen-bond acceptors (Lipinski definition) is 3. The lowest BCUT2D eigenvalue weighted by atomic mass is 9.77. The van der Waals surface area contributed by atoms with Gasteiger partial charge in [-0.1, -0.05) is 25.3 Å². The average molecular weight is 249 g/mol. The fraction of sp³-hybridized carbons (Fsp3) is 0.600. The zero-order valence-corrected chi connectivity index (χ0v) is 11.6. The molecule has 1 saturated carbocycles. The molecule has 0 bridgehead atoms. The van der Waals surface area contributed by atoms with Crippen LogP contribution in [0.5, 0.6) is 11.5 Å². The first-order valence-electron chi connectivity index (χ1n) is 6.63. The van der Waals surface area contributed by atoms with Gasteiger partial charge in [0.25, 0.3) is 0 Å². The Morgan fingerprint density at radius 3 is 2.28 bits per heavy atom. The molecular weight excluding hydrogens is 226 g/mol. The Hall–Kier alpha value is -1.22. The minimum Gasteiger partial charge on any atom is -0.493 e. The predicted octanol–water partition coefficient (Wildman–Crippen LogP) is 3.13. The Morgan fingerprint density at radius 2 is 1.72 bits per heavy atom. The van der Waals surface area contributed by atoms with Crippen LogP contribution in [-0.2, 0) is 5.54 Å². The monoisotopic (exact) mass is 249 g/mol. The predicted molar refractivity (Wildman–Crippen MR) is 73.2 cm³/mol. The zero-order valence-electron chi connectivity index (χ0n) is 11.6. The summed E-state index contributed by atoms with van der Waals surface area (Å²) in [4.78, 5) is 0. The first kappa shape index (κ1) is 13.2. The van der Waals surface area contributed by atoms with Crippen molar-refractivity contribution in [3.63, 3.8) is 0 Å². The Morgan fingerprint density at radius 1 is 1.06 bits per heavy atom. The molecule has 1 aromatic carbocycles. The van der Waals surface area contributed by atoms with E-state index < -0.39 is 0 Å². The molecule has 3 heteroatoms. The van der Waals surface area contributed by atoms with Crippen LogP contribution in [0.2, 0.25) is 0 Å². The van der Waals surface area contributed by atoms with Gasteiger partial charge in [-0.05, 0) is 37.0 Å². The van der Waals surface area contributed by atoms with Crippen molar-refractivity contribution in [3.8, 4) is 11.5 Å². The first-order valence-corrected chi connectivity index (χ1v) is 6.63. The highest BCUT2D eigenvalue weighted by molar-refractivity contribution is 5.50. The Labute approximate surface area is 109 Å². The van der Waals surface area contributed by atoms with E-state index in [9.17, 15) is 0 Å². The molecule has 0 amide bonds. The Bertz CT molecular complexity index is 423. The molecule has 0 heterocycles. The molecule has 18 heavy (non-hydrogen) atoms. The molecule has 0 aliphatic heterocycles. The normalized spacial score (nSPS) is 18.4. The van der Waals surface area contributed by atoms with Crippen molar-refractivity contribution in [2.75, 3.05) is 14.2 Å². The highest BCUT2D eigenvalue weighted by Gasteiger charge is 2.30. The molecule has 0 saturated heterocycles. The quantitative estimate of drug-likeness (QED) is 0.895. The second kappa shape index (κ2) is 5.19. The van der Waals surface area contributed by atoms with Gasteiger partial charge in [0.2, 0.25) is 0 Å².